The van der Waals surface area contributed by atoms with Gasteiger partial charge in [0.2, 0.25) is 0 Å². The van der Waals surface area contributed by atoms with Crippen molar-refractivity contribution in [2.24, 2.45) is 0 Å². The Morgan fingerprint density at radius 1 is 1.15 bits per heavy atom. The molecule has 1 aromatic rings. The lowest BCUT2D eigenvalue weighted by Gasteiger charge is -2.21. The number of hydrogen-bond donors (Lipinski definition) is 1. The van der Waals surface area contributed by atoms with Crippen molar-refractivity contribution >= 4 is 23.7 Å². The number of ether oxygens (including phenoxy) is 1. The predicted molar refractivity (Wildman–Crippen MR) is 99.3 cm³/mol. The topological polar surface area (TPSA) is 92.8 Å². The molecule has 27 heavy (non-hydrogen) atoms. The van der Waals surface area contributed by atoms with Gasteiger partial charge < -0.3 is 10.1 Å². The second-order valence-electron chi connectivity index (χ2n) is 6.89. The maximum Gasteiger partial charge on any atom is 0.326 e. The van der Waals surface area contributed by atoms with Crippen LogP contribution < -0.4 is 5.32 Å². The highest BCUT2D eigenvalue weighted by Crippen LogP contribution is 2.23. The molecule has 0 unspecified atom stereocenters. The second kappa shape index (κ2) is 8.79. The van der Waals surface area contributed by atoms with Crippen molar-refractivity contribution in [1.82, 2.24) is 10.2 Å². The van der Waals surface area contributed by atoms with Gasteiger partial charge >= 0.3 is 12.0 Å². The van der Waals surface area contributed by atoms with Crippen LogP contribution in [0.1, 0.15) is 56.0 Å². The summed E-state index contributed by atoms with van der Waals surface area (Å²) in [5.41, 5.74) is 0.555. The third-order valence-corrected chi connectivity index (χ3v) is 4.71. The minimum absolute atomic E-state index is 0.337. The molecule has 1 fully saturated rings. The van der Waals surface area contributed by atoms with E-state index in [1.54, 1.807) is 19.1 Å². The van der Waals surface area contributed by atoms with Gasteiger partial charge in [0.25, 0.3) is 5.91 Å². The smallest absolute Gasteiger partial charge is 0.326 e. The summed E-state index contributed by atoms with van der Waals surface area (Å²) < 4.78 is 4.96. The number of carbonyl (C=O) groups is 4. The van der Waals surface area contributed by atoms with Crippen LogP contribution in [0.5, 0.6) is 0 Å². The van der Waals surface area contributed by atoms with Crippen molar-refractivity contribution in [3.8, 4) is 0 Å². The molecule has 3 amide bonds. The first-order valence-electron chi connectivity index (χ1n) is 9.22. The number of carbonyl (C=O) groups excluding carboxylic acids is 4. The van der Waals surface area contributed by atoms with Crippen LogP contribution >= 0.6 is 0 Å². The van der Waals surface area contributed by atoms with Gasteiger partial charge in [-0.25, -0.2) is 4.79 Å². The lowest BCUT2D eigenvalue weighted by Crippen LogP contribution is -2.44. The summed E-state index contributed by atoms with van der Waals surface area (Å²) >= 11 is 0. The molecule has 1 aliphatic heterocycles. The minimum Gasteiger partial charge on any atom is -0.456 e. The van der Waals surface area contributed by atoms with Crippen molar-refractivity contribution in [3.05, 3.63) is 35.4 Å². The highest BCUT2D eigenvalue weighted by molar-refractivity contribution is 6.08. The van der Waals surface area contributed by atoms with Crippen LogP contribution in [0.15, 0.2) is 24.3 Å². The van der Waals surface area contributed by atoms with Crippen LogP contribution in [0.3, 0.4) is 0 Å². The number of unbranched alkanes of at least 4 members (excludes halogenated alkanes) is 1. The number of imide groups is 1. The van der Waals surface area contributed by atoms with E-state index in [2.05, 4.69) is 5.32 Å². The Labute approximate surface area is 159 Å². The summed E-state index contributed by atoms with van der Waals surface area (Å²) in [6.07, 6.45) is 3.05. The molecule has 1 heterocycles. The number of ketones is 1. The normalized spacial score (nSPS) is 19.1. The van der Waals surface area contributed by atoms with Crippen molar-refractivity contribution in [2.45, 2.75) is 52.0 Å². The lowest BCUT2D eigenvalue weighted by atomic mass is 9.95. The Bertz CT molecular complexity index is 728. The summed E-state index contributed by atoms with van der Waals surface area (Å²) in [6, 6.07) is 6.45. The van der Waals surface area contributed by atoms with E-state index in [0.29, 0.717) is 12.0 Å². The average Bonchev–Trinajstić information content (AvgIpc) is 2.88. The van der Waals surface area contributed by atoms with Gasteiger partial charge in [-0.3, -0.25) is 19.3 Å². The van der Waals surface area contributed by atoms with Crippen molar-refractivity contribution in [2.75, 3.05) is 13.2 Å². The maximum absolute atomic E-state index is 12.5. The van der Waals surface area contributed by atoms with Crippen LogP contribution in [-0.4, -0.2) is 47.3 Å². The van der Waals surface area contributed by atoms with E-state index >= 15 is 0 Å². The van der Waals surface area contributed by atoms with E-state index in [1.165, 1.54) is 0 Å². The zero-order valence-corrected chi connectivity index (χ0v) is 16.0. The standard InChI is InChI=1S/C20H26N2O5/c1-4-6-11-20(3)18(25)22(19(26)21-20)12-17(24)27-13-16(23)15-9-7-14(5-2)8-10-15/h7-10H,4-6,11-13H2,1-3H3,(H,21,26)/t20-/m1/s1. The molecule has 0 aromatic heterocycles. The van der Waals surface area contributed by atoms with Gasteiger partial charge in [-0.15, -0.1) is 0 Å². The zero-order chi connectivity index (χ0) is 20.0. The summed E-state index contributed by atoms with van der Waals surface area (Å²) in [6.45, 7) is 4.72. The lowest BCUT2D eigenvalue weighted by molar-refractivity contribution is -0.146. The van der Waals surface area contributed by atoms with E-state index < -0.39 is 36.6 Å². The molecule has 2 rings (SSSR count). The molecule has 146 valence electrons. The molecule has 1 aliphatic rings. The fourth-order valence-electron chi connectivity index (χ4n) is 2.92. The van der Waals surface area contributed by atoms with Gasteiger partial charge in [0.15, 0.2) is 12.4 Å². The molecule has 1 N–H and O–H groups in total. The summed E-state index contributed by atoms with van der Waals surface area (Å²) in [5, 5.41) is 2.63. The number of Topliss-reactive ketones (excluding diaryl/α,β-unsaturated/α-hetero) is 1. The van der Waals surface area contributed by atoms with Gasteiger partial charge in [-0.05, 0) is 25.3 Å². The van der Waals surface area contributed by atoms with E-state index in [4.69, 9.17) is 4.74 Å². The average molecular weight is 374 g/mol. The number of nitrogens with zero attached hydrogens (tertiary/aromatic N) is 1. The molecule has 1 atom stereocenters. The minimum atomic E-state index is -0.996. The van der Waals surface area contributed by atoms with Crippen molar-refractivity contribution in [3.63, 3.8) is 0 Å². The van der Waals surface area contributed by atoms with E-state index in [-0.39, 0.29) is 5.78 Å². The first-order chi connectivity index (χ1) is 12.8. The molecule has 1 saturated heterocycles. The number of nitrogens with one attached hydrogen (secondary N) is 1. The first-order valence-corrected chi connectivity index (χ1v) is 9.22. The molecule has 0 aliphatic carbocycles. The van der Waals surface area contributed by atoms with Gasteiger partial charge in [-0.2, -0.15) is 0 Å². The molecule has 7 heteroatoms. The Balaban J connectivity index is 1.88. The molecular formula is C20H26N2O5. The maximum atomic E-state index is 12.5. The number of esters is 1. The van der Waals surface area contributed by atoms with E-state index in [0.717, 1.165) is 29.7 Å². The third kappa shape index (κ3) is 4.93. The monoisotopic (exact) mass is 374 g/mol. The van der Waals surface area contributed by atoms with Crippen molar-refractivity contribution in [1.29, 1.82) is 0 Å². The van der Waals surface area contributed by atoms with Gasteiger partial charge in [-0.1, -0.05) is 51.0 Å². The number of rotatable bonds is 9. The fourth-order valence-corrected chi connectivity index (χ4v) is 2.92. The molecule has 7 nitrogen and oxygen atoms in total. The largest absolute Gasteiger partial charge is 0.456 e. The fraction of sp³-hybridized carbons (Fsp3) is 0.500. The molecule has 0 radical (unpaired) electrons. The van der Waals surface area contributed by atoms with Crippen LogP contribution in [0.2, 0.25) is 0 Å². The Morgan fingerprint density at radius 2 is 1.81 bits per heavy atom. The molecule has 0 bridgehead atoms. The molecule has 1 aromatic carbocycles. The number of hydrogen-bond acceptors (Lipinski definition) is 5. The quantitative estimate of drug-likeness (QED) is 0.407. The zero-order valence-electron chi connectivity index (χ0n) is 16.0. The first kappa shape index (κ1) is 20.6. The van der Waals surface area contributed by atoms with Crippen LogP contribution in [-0.2, 0) is 20.7 Å². The highest BCUT2D eigenvalue weighted by atomic mass is 16.5. The Kier molecular flexibility index (Phi) is 6.71. The molecule has 0 spiro atoms. The molecule has 0 saturated carbocycles. The van der Waals surface area contributed by atoms with Crippen LogP contribution in [0, 0.1) is 0 Å². The third-order valence-electron chi connectivity index (χ3n) is 4.71. The van der Waals surface area contributed by atoms with Gasteiger partial charge in [0, 0.05) is 5.56 Å². The van der Waals surface area contributed by atoms with E-state index in [1.807, 2.05) is 26.0 Å². The number of aryl methyl sites for hydroxylation is 1. The molecular weight excluding hydrogens is 348 g/mol. The van der Waals surface area contributed by atoms with Gasteiger partial charge in [0.1, 0.15) is 12.1 Å². The number of amides is 3. The van der Waals surface area contributed by atoms with Crippen molar-refractivity contribution < 1.29 is 23.9 Å². The predicted octanol–water partition coefficient (Wildman–Crippen LogP) is 2.48. The summed E-state index contributed by atoms with van der Waals surface area (Å²) in [5.74, 6) is -1.58. The second-order valence-corrected chi connectivity index (χ2v) is 6.89. The SMILES string of the molecule is CCCC[C@@]1(C)NC(=O)N(CC(=O)OCC(=O)c2ccc(CC)cc2)C1=O. The Morgan fingerprint density at radius 3 is 2.41 bits per heavy atom. The summed E-state index contributed by atoms with van der Waals surface area (Å²) in [7, 11) is 0. The number of urea groups is 1. The Hall–Kier alpha value is -2.70. The van der Waals surface area contributed by atoms with Gasteiger partial charge in [0.05, 0.1) is 0 Å². The van der Waals surface area contributed by atoms with E-state index in [9.17, 15) is 19.2 Å². The van der Waals surface area contributed by atoms with Crippen LogP contribution in [0.25, 0.3) is 0 Å². The summed E-state index contributed by atoms with van der Waals surface area (Å²) in [4.78, 5) is 49.5. The number of benzene rings is 1. The highest BCUT2D eigenvalue weighted by Gasteiger charge is 2.47. The van der Waals surface area contributed by atoms with Crippen LogP contribution in [0.4, 0.5) is 4.79 Å².